The minimum absolute atomic E-state index is 0.0869. The number of ether oxygens (including phenoxy) is 1. The van der Waals surface area contributed by atoms with Crippen LogP contribution in [0.3, 0.4) is 0 Å². The van der Waals surface area contributed by atoms with E-state index < -0.39 is 21.2 Å². The van der Waals surface area contributed by atoms with Crippen molar-refractivity contribution in [2.24, 2.45) is 5.41 Å². The second-order valence-corrected chi connectivity index (χ2v) is 7.34. The quantitative estimate of drug-likeness (QED) is 0.814. The third kappa shape index (κ3) is 3.69. The van der Waals surface area contributed by atoms with E-state index >= 15 is 0 Å². The van der Waals surface area contributed by atoms with Crippen molar-refractivity contribution in [2.75, 3.05) is 12.9 Å². The molecule has 0 spiro atoms. The van der Waals surface area contributed by atoms with Gasteiger partial charge in [0.05, 0.1) is 25.0 Å². The smallest absolute Gasteiger partial charge is 0.303 e. The van der Waals surface area contributed by atoms with Crippen molar-refractivity contribution in [1.29, 1.82) is 0 Å². The van der Waals surface area contributed by atoms with Gasteiger partial charge in [-0.05, 0) is 24.3 Å². The van der Waals surface area contributed by atoms with Gasteiger partial charge >= 0.3 is 5.97 Å². The molecule has 0 aromatic carbocycles. The van der Waals surface area contributed by atoms with E-state index in [0.29, 0.717) is 24.3 Å². The third-order valence-corrected chi connectivity index (χ3v) is 5.23. The van der Waals surface area contributed by atoms with Gasteiger partial charge in [-0.1, -0.05) is 6.07 Å². The molecule has 7 heteroatoms. The van der Waals surface area contributed by atoms with E-state index in [9.17, 15) is 13.2 Å². The maximum Gasteiger partial charge on any atom is 0.303 e. The Morgan fingerprint density at radius 1 is 1.50 bits per heavy atom. The van der Waals surface area contributed by atoms with E-state index in [-0.39, 0.29) is 17.9 Å². The van der Waals surface area contributed by atoms with Crippen molar-refractivity contribution in [3.8, 4) is 5.88 Å². The van der Waals surface area contributed by atoms with Gasteiger partial charge in [-0.15, -0.1) is 0 Å². The van der Waals surface area contributed by atoms with Gasteiger partial charge in [0, 0.05) is 11.8 Å². The zero-order chi connectivity index (χ0) is 14.8. The molecule has 1 aromatic heterocycles. The molecule has 0 aliphatic heterocycles. The molecule has 0 unspecified atom stereocenters. The van der Waals surface area contributed by atoms with Gasteiger partial charge in [0.2, 0.25) is 5.88 Å². The summed E-state index contributed by atoms with van der Waals surface area (Å²) in [5.41, 5.74) is -0.0683. The number of carboxylic acids is 1. The topological polar surface area (TPSA) is 93.6 Å². The molecule has 2 rings (SSSR count). The molecule has 110 valence electrons. The van der Waals surface area contributed by atoms with Crippen LogP contribution in [-0.2, 0) is 20.4 Å². The fourth-order valence-corrected chi connectivity index (χ4v) is 4.46. The minimum atomic E-state index is -3.39. The molecule has 1 fully saturated rings. The summed E-state index contributed by atoms with van der Waals surface area (Å²) in [6.07, 6.45) is 2.75. The lowest BCUT2D eigenvalue weighted by atomic mass is 10.1. The first kappa shape index (κ1) is 14.8. The van der Waals surface area contributed by atoms with E-state index in [2.05, 4.69) is 4.98 Å². The highest BCUT2D eigenvalue weighted by Gasteiger charge is 2.47. The van der Waals surface area contributed by atoms with Crippen LogP contribution >= 0.6 is 0 Å². The molecule has 0 atom stereocenters. The Hall–Kier alpha value is -1.63. The van der Waals surface area contributed by atoms with E-state index in [4.69, 9.17) is 9.84 Å². The summed E-state index contributed by atoms with van der Waals surface area (Å²) in [4.78, 5) is 14.7. The SMILES string of the molecule is COc1ncccc1CS(=O)(=O)CC1(CC(=O)O)CC1. The Labute approximate surface area is 117 Å². The number of sulfone groups is 1. The van der Waals surface area contributed by atoms with Gasteiger partial charge < -0.3 is 9.84 Å². The molecule has 0 amide bonds. The number of methoxy groups -OCH3 is 1. The fraction of sp³-hybridized carbons (Fsp3) is 0.538. The van der Waals surface area contributed by atoms with Crippen LogP contribution in [0.2, 0.25) is 0 Å². The molecular formula is C13H17NO5S. The molecule has 1 aliphatic rings. The van der Waals surface area contributed by atoms with Crippen molar-refractivity contribution in [2.45, 2.75) is 25.0 Å². The van der Waals surface area contributed by atoms with Gasteiger partial charge in [0.15, 0.2) is 9.84 Å². The standard InChI is InChI=1S/C13H17NO5S/c1-19-12-10(3-2-6-14-12)8-20(17,18)9-13(4-5-13)7-11(15)16/h2-3,6H,4-5,7-9H2,1H3,(H,15,16). The number of carbonyl (C=O) groups is 1. The van der Waals surface area contributed by atoms with Crippen LogP contribution in [0.25, 0.3) is 0 Å². The normalized spacial score (nSPS) is 16.6. The fourth-order valence-electron chi connectivity index (χ4n) is 2.34. The number of hydrogen-bond donors (Lipinski definition) is 1. The summed E-state index contributed by atoms with van der Waals surface area (Å²) >= 11 is 0. The molecule has 0 saturated heterocycles. The van der Waals surface area contributed by atoms with Crippen LogP contribution in [0, 0.1) is 5.41 Å². The zero-order valence-corrected chi connectivity index (χ0v) is 12.0. The number of nitrogens with zero attached hydrogens (tertiary/aromatic N) is 1. The first-order chi connectivity index (χ1) is 9.36. The van der Waals surface area contributed by atoms with Gasteiger partial charge in [-0.25, -0.2) is 13.4 Å². The van der Waals surface area contributed by atoms with Crippen LogP contribution in [-0.4, -0.2) is 37.3 Å². The lowest BCUT2D eigenvalue weighted by Gasteiger charge is -2.13. The predicted octanol–water partition coefficient (Wildman–Crippen LogP) is 1.26. The number of rotatable bonds is 7. The largest absolute Gasteiger partial charge is 0.481 e. The van der Waals surface area contributed by atoms with Crippen LogP contribution in [0.5, 0.6) is 5.88 Å². The van der Waals surface area contributed by atoms with E-state index in [1.807, 2.05) is 0 Å². The van der Waals surface area contributed by atoms with E-state index in [1.54, 1.807) is 12.1 Å². The van der Waals surface area contributed by atoms with Crippen molar-refractivity contribution in [3.05, 3.63) is 23.9 Å². The summed E-state index contributed by atoms with van der Waals surface area (Å²) in [5.74, 6) is -0.925. The molecular weight excluding hydrogens is 282 g/mol. The molecule has 1 aliphatic carbocycles. The van der Waals surface area contributed by atoms with Crippen molar-refractivity contribution < 1.29 is 23.1 Å². The zero-order valence-electron chi connectivity index (χ0n) is 11.2. The molecule has 0 bridgehead atoms. The number of carboxylic acid groups (broad SMARTS) is 1. The number of aliphatic carboxylic acids is 1. The van der Waals surface area contributed by atoms with Gasteiger partial charge in [0.1, 0.15) is 0 Å². The number of pyridine rings is 1. The molecule has 1 aromatic rings. The first-order valence-corrected chi connectivity index (χ1v) is 8.08. The Morgan fingerprint density at radius 3 is 2.75 bits per heavy atom. The highest BCUT2D eigenvalue weighted by Crippen LogP contribution is 2.50. The minimum Gasteiger partial charge on any atom is -0.481 e. The molecule has 1 heterocycles. The third-order valence-electron chi connectivity index (χ3n) is 3.43. The van der Waals surface area contributed by atoms with Gasteiger partial charge in [-0.3, -0.25) is 4.79 Å². The molecule has 0 radical (unpaired) electrons. The summed E-state index contributed by atoms with van der Waals surface area (Å²) in [7, 11) is -1.96. The second-order valence-electron chi connectivity index (χ2n) is 5.27. The molecule has 1 saturated carbocycles. The van der Waals surface area contributed by atoms with Gasteiger partial charge in [0.25, 0.3) is 0 Å². The molecule has 1 N–H and O–H groups in total. The number of hydrogen-bond acceptors (Lipinski definition) is 5. The highest BCUT2D eigenvalue weighted by molar-refractivity contribution is 7.90. The van der Waals surface area contributed by atoms with Crippen LogP contribution < -0.4 is 4.74 Å². The van der Waals surface area contributed by atoms with Crippen molar-refractivity contribution in [3.63, 3.8) is 0 Å². The van der Waals surface area contributed by atoms with Gasteiger partial charge in [-0.2, -0.15) is 0 Å². The summed E-state index contributed by atoms with van der Waals surface area (Å²) in [5, 5.41) is 8.83. The lowest BCUT2D eigenvalue weighted by Crippen LogP contribution is -2.21. The Balaban J connectivity index is 2.10. The summed E-state index contributed by atoms with van der Waals surface area (Å²) in [6, 6.07) is 3.30. The Kier molecular flexibility index (Phi) is 3.99. The maximum atomic E-state index is 12.2. The van der Waals surface area contributed by atoms with Crippen LogP contribution in [0.4, 0.5) is 0 Å². The van der Waals surface area contributed by atoms with E-state index in [0.717, 1.165) is 0 Å². The Morgan fingerprint density at radius 2 is 2.20 bits per heavy atom. The van der Waals surface area contributed by atoms with Crippen molar-refractivity contribution >= 4 is 15.8 Å². The second kappa shape index (κ2) is 5.40. The maximum absolute atomic E-state index is 12.2. The first-order valence-electron chi connectivity index (χ1n) is 6.26. The van der Waals surface area contributed by atoms with E-state index in [1.165, 1.54) is 13.3 Å². The monoisotopic (exact) mass is 299 g/mol. The Bertz CT molecular complexity index is 607. The van der Waals surface area contributed by atoms with Crippen LogP contribution in [0.1, 0.15) is 24.8 Å². The predicted molar refractivity (Wildman–Crippen MR) is 72.2 cm³/mol. The summed E-state index contributed by atoms with van der Waals surface area (Å²) < 4.78 is 29.5. The van der Waals surface area contributed by atoms with Crippen LogP contribution in [0.15, 0.2) is 18.3 Å². The average molecular weight is 299 g/mol. The molecule has 6 nitrogen and oxygen atoms in total. The number of aromatic nitrogens is 1. The highest BCUT2D eigenvalue weighted by atomic mass is 32.2. The average Bonchev–Trinajstić information content (AvgIpc) is 3.06. The van der Waals surface area contributed by atoms with Crippen molar-refractivity contribution in [1.82, 2.24) is 4.98 Å². The molecule has 20 heavy (non-hydrogen) atoms. The summed E-state index contributed by atoms with van der Waals surface area (Å²) in [6.45, 7) is 0. The lowest BCUT2D eigenvalue weighted by molar-refractivity contribution is -0.138.